The first kappa shape index (κ1) is 19.2. The van der Waals surface area contributed by atoms with Gasteiger partial charge in [0.05, 0.1) is 13.0 Å². The van der Waals surface area contributed by atoms with Gasteiger partial charge < -0.3 is 14.1 Å². The van der Waals surface area contributed by atoms with Crippen LogP contribution in [0.15, 0.2) is 34.7 Å². The number of hydrogen-bond donors (Lipinski definition) is 1. The molecule has 1 aliphatic rings. The maximum atomic E-state index is 12.6. The van der Waals surface area contributed by atoms with Crippen LogP contribution >= 0.6 is 0 Å². The highest BCUT2D eigenvalue weighted by molar-refractivity contribution is 6.00. The van der Waals surface area contributed by atoms with Crippen LogP contribution in [0.1, 0.15) is 33.7 Å². The van der Waals surface area contributed by atoms with Gasteiger partial charge in [0, 0.05) is 19.5 Å². The molecule has 8 heteroatoms. The van der Waals surface area contributed by atoms with Gasteiger partial charge in [0.2, 0.25) is 17.7 Å². The summed E-state index contributed by atoms with van der Waals surface area (Å²) in [6.07, 6.45) is 0.0735. The highest BCUT2D eigenvalue weighted by Gasteiger charge is 2.35. The van der Waals surface area contributed by atoms with E-state index in [1.165, 1.54) is 14.0 Å². The minimum Gasteiger partial charge on any atom is -0.465 e. The summed E-state index contributed by atoms with van der Waals surface area (Å²) in [6.45, 7) is 2.20. The third-order valence-corrected chi connectivity index (χ3v) is 4.62. The van der Waals surface area contributed by atoms with Crippen LogP contribution in [0.3, 0.4) is 0 Å². The van der Waals surface area contributed by atoms with Gasteiger partial charge >= 0.3 is 5.97 Å². The number of amides is 2. The molecular weight excluding hydrogens is 362 g/mol. The summed E-state index contributed by atoms with van der Waals surface area (Å²) in [5.41, 5.74) is 0.865. The zero-order chi connectivity index (χ0) is 20.3. The van der Waals surface area contributed by atoms with Crippen molar-refractivity contribution in [1.29, 1.82) is 5.26 Å². The molecule has 0 bridgehead atoms. The van der Waals surface area contributed by atoms with Crippen molar-refractivity contribution in [2.45, 2.75) is 19.9 Å². The molecule has 28 heavy (non-hydrogen) atoms. The number of nitrogens with one attached hydrogen (secondary N) is 1. The standard InChI is InChI=1S/C20H19N3O5/c1-12-17(20(26)27-2)15(9-21)19(28-12)22-18(25)14-8-16(24)23(11-14)10-13-6-4-3-5-7-13/h3-7,14H,8,10-11H2,1-2H3,(H,22,25). The number of nitriles is 1. The Balaban J connectivity index is 1.71. The number of hydrogen-bond acceptors (Lipinski definition) is 6. The number of methoxy groups -OCH3 is 1. The fourth-order valence-corrected chi connectivity index (χ4v) is 3.21. The van der Waals surface area contributed by atoms with E-state index in [0.717, 1.165) is 5.56 Å². The van der Waals surface area contributed by atoms with Crippen LogP contribution < -0.4 is 5.32 Å². The van der Waals surface area contributed by atoms with Crippen molar-refractivity contribution in [2.75, 3.05) is 19.0 Å². The number of ether oxygens (including phenoxy) is 1. The van der Waals surface area contributed by atoms with E-state index in [2.05, 4.69) is 10.1 Å². The highest BCUT2D eigenvalue weighted by Crippen LogP contribution is 2.29. The van der Waals surface area contributed by atoms with Crippen molar-refractivity contribution in [3.8, 4) is 6.07 Å². The number of esters is 1. The van der Waals surface area contributed by atoms with Crippen molar-refractivity contribution in [2.24, 2.45) is 5.92 Å². The summed E-state index contributed by atoms with van der Waals surface area (Å²) in [7, 11) is 1.19. The Kier molecular flexibility index (Phi) is 5.45. The van der Waals surface area contributed by atoms with E-state index >= 15 is 0 Å². The quantitative estimate of drug-likeness (QED) is 0.795. The topological polar surface area (TPSA) is 113 Å². The van der Waals surface area contributed by atoms with Gasteiger partial charge in [0.15, 0.2) is 0 Å². The molecule has 1 saturated heterocycles. The number of furan rings is 1. The number of nitrogens with zero attached hydrogens (tertiary/aromatic N) is 2. The Morgan fingerprint density at radius 1 is 1.36 bits per heavy atom. The van der Waals surface area contributed by atoms with Crippen molar-refractivity contribution < 1.29 is 23.5 Å². The molecule has 1 unspecified atom stereocenters. The third kappa shape index (κ3) is 3.74. The lowest BCUT2D eigenvalue weighted by Gasteiger charge is -2.16. The van der Waals surface area contributed by atoms with Crippen molar-refractivity contribution in [3.05, 3.63) is 52.8 Å². The number of carbonyl (C=O) groups is 3. The molecule has 1 aromatic carbocycles. The maximum absolute atomic E-state index is 12.6. The van der Waals surface area contributed by atoms with Gasteiger partial charge in [-0.1, -0.05) is 30.3 Å². The van der Waals surface area contributed by atoms with E-state index in [0.29, 0.717) is 6.54 Å². The van der Waals surface area contributed by atoms with E-state index < -0.39 is 17.8 Å². The summed E-state index contributed by atoms with van der Waals surface area (Å²) >= 11 is 0. The van der Waals surface area contributed by atoms with Gasteiger partial charge in [-0.05, 0) is 12.5 Å². The number of rotatable bonds is 5. The smallest absolute Gasteiger partial charge is 0.342 e. The molecule has 1 aromatic heterocycles. The van der Waals surface area contributed by atoms with Crippen molar-refractivity contribution in [3.63, 3.8) is 0 Å². The minimum absolute atomic E-state index is 0.0199. The van der Waals surface area contributed by atoms with Gasteiger partial charge in [0.25, 0.3) is 0 Å². The van der Waals surface area contributed by atoms with Crippen molar-refractivity contribution >= 4 is 23.7 Å². The average molecular weight is 381 g/mol. The molecule has 144 valence electrons. The molecule has 1 fully saturated rings. The van der Waals surface area contributed by atoms with Gasteiger partial charge in [-0.3, -0.25) is 14.9 Å². The Bertz CT molecular complexity index is 958. The summed E-state index contributed by atoms with van der Waals surface area (Å²) in [5.74, 6) is -1.79. The van der Waals surface area contributed by atoms with Crippen LogP contribution in [0, 0.1) is 24.2 Å². The van der Waals surface area contributed by atoms with Gasteiger partial charge in [-0.15, -0.1) is 0 Å². The first-order chi connectivity index (χ1) is 13.4. The largest absolute Gasteiger partial charge is 0.465 e. The number of aryl methyl sites for hydroxylation is 1. The van der Waals surface area contributed by atoms with E-state index in [1.807, 2.05) is 36.4 Å². The van der Waals surface area contributed by atoms with Gasteiger partial charge in [0.1, 0.15) is 23.0 Å². The van der Waals surface area contributed by atoms with Crippen LogP contribution in [-0.2, 0) is 20.9 Å². The molecule has 2 amide bonds. The van der Waals surface area contributed by atoms with Crippen LogP contribution in [0.4, 0.5) is 5.88 Å². The second kappa shape index (κ2) is 7.96. The Labute approximate surface area is 161 Å². The summed E-state index contributed by atoms with van der Waals surface area (Å²) < 4.78 is 10.0. The molecule has 0 radical (unpaired) electrons. The third-order valence-electron chi connectivity index (χ3n) is 4.62. The van der Waals surface area contributed by atoms with Crippen LogP contribution in [-0.4, -0.2) is 36.3 Å². The molecule has 2 heterocycles. The van der Waals surface area contributed by atoms with E-state index in [4.69, 9.17) is 4.42 Å². The predicted molar refractivity (Wildman–Crippen MR) is 98.1 cm³/mol. The fraction of sp³-hybridized carbons (Fsp3) is 0.300. The lowest BCUT2D eigenvalue weighted by atomic mass is 10.1. The Morgan fingerprint density at radius 3 is 2.71 bits per heavy atom. The molecule has 1 aliphatic heterocycles. The SMILES string of the molecule is COC(=O)c1c(C)oc(NC(=O)C2CC(=O)N(Cc3ccccc3)C2)c1C#N. The van der Waals surface area contributed by atoms with Crippen molar-refractivity contribution in [1.82, 2.24) is 4.90 Å². The first-order valence-electron chi connectivity index (χ1n) is 8.69. The second-order valence-electron chi connectivity index (χ2n) is 6.49. The van der Waals surface area contributed by atoms with Crippen LogP contribution in [0.2, 0.25) is 0 Å². The maximum Gasteiger partial charge on any atom is 0.342 e. The molecule has 1 atom stereocenters. The molecular formula is C20H19N3O5. The Morgan fingerprint density at radius 2 is 2.07 bits per heavy atom. The van der Waals surface area contributed by atoms with E-state index in [9.17, 15) is 19.6 Å². The average Bonchev–Trinajstić information content (AvgIpc) is 3.21. The Hall–Kier alpha value is -3.60. The second-order valence-corrected chi connectivity index (χ2v) is 6.49. The molecule has 0 saturated carbocycles. The molecule has 8 nitrogen and oxygen atoms in total. The van der Waals surface area contributed by atoms with E-state index in [-0.39, 0.29) is 41.6 Å². The molecule has 3 rings (SSSR count). The number of benzene rings is 1. The zero-order valence-corrected chi connectivity index (χ0v) is 15.5. The summed E-state index contributed by atoms with van der Waals surface area (Å²) in [5, 5.41) is 11.9. The number of likely N-dealkylation sites (tertiary alicyclic amines) is 1. The molecule has 0 spiro atoms. The predicted octanol–water partition coefficient (Wildman–Crippen LogP) is 2.23. The van der Waals surface area contributed by atoms with Gasteiger partial charge in [-0.25, -0.2) is 4.79 Å². The summed E-state index contributed by atoms with van der Waals surface area (Å²) in [4.78, 5) is 38.3. The van der Waals surface area contributed by atoms with Crippen LogP contribution in [0.25, 0.3) is 0 Å². The number of carbonyl (C=O) groups excluding carboxylic acids is 3. The monoisotopic (exact) mass is 381 g/mol. The lowest BCUT2D eigenvalue weighted by Crippen LogP contribution is -2.28. The first-order valence-corrected chi connectivity index (χ1v) is 8.69. The van der Waals surface area contributed by atoms with E-state index in [1.54, 1.807) is 4.90 Å². The normalized spacial score (nSPS) is 16.0. The van der Waals surface area contributed by atoms with Crippen LogP contribution in [0.5, 0.6) is 0 Å². The molecule has 0 aliphatic carbocycles. The fourth-order valence-electron chi connectivity index (χ4n) is 3.21. The minimum atomic E-state index is -0.719. The summed E-state index contributed by atoms with van der Waals surface area (Å²) in [6, 6.07) is 11.4. The lowest BCUT2D eigenvalue weighted by molar-refractivity contribution is -0.128. The zero-order valence-electron chi connectivity index (χ0n) is 15.5. The molecule has 1 N–H and O–H groups in total. The number of anilines is 1. The highest BCUT2D eigenvalue weighted by atomic mass is 16.5. The molecule has 2 aromatic rings. The van der Waals surface area contributed by atoms with Gasteiger partial charge in [-0.2, -0.15) is 5.26 Å².